The molecule has 0 spiro atoms. The van der Waals surface area contributed by atoms with E-state index in [1.54, 1.807) is 14.9 Å². The molecule has 0 aromatic carbocycles. The highest BCUT2D eigenvalue weighted by atomic mass is 31.2. The van der Waals surface area contributed by atoms with Gasteiger partial charge in [-0.15, -0.1) is 0 Å². The van der Waals surface area contributed by atoms with Crippen molar-refractivity contribution in [1.29, 1.82) is 0 Å². The number of nitrogens with zero attached hydrogens (tertiary/aromatic N) is 2. The van der Waals surface area contributed by atoms with Crippen LogP contribution < -0.4 is 0 Å². The lowest BCUT2D eigenvalue weighted by atomic mass is 9.57. The normalized spacial score (nSPS) is 34.2. The molecule has 4 nitrogen and oxygen atoms in total. The molecule has 0 bridgehead atoms. The van der Waals surface area contributed by atoms with Gasteiger partial charge in [0.15, 0.2) is 0 Å². The van der Waals surface area contributed by atoms with Crippen LogP contribution in [0.4, 0.5) is 0 Å². The molecule has 0 amide bonds. The summed E-state index contributed by atoms with van der Waals surface area (Å²) < 4.78 is 23.0. The van der Waals surface area contributed by atoms with Crippen LogP contribution in [0, 0.1) is 17.3 Å². The maximum Gasteiger partial charge on any atom is 0.345 e. The summed E-state index contributed by atoms with van der Waals surface area (Å²) >= 11 is 0. The van der Waals surface area contributed by atoms with Gasteiger partial charge in [0.2, 0.25) is 0 Å². The van der Waals surface area contributed by atoms with E-state index in [1.165, 1.54) is 5.57 Å². The second-order valence-corrected chi connectivity index (χ2v) is 11.1. The summed E-state index contributed by atoms with van der Waals surface area (Å²) in [4.78, 5) is 0. The van der Waals surface area contributed by atoms with Crippen LogP contribution in [0.5, 0.6) is 0 Å². The lowest BCUT2D eigenvalue weighted by Gasteiger charge is -2.51. The number of hydrogen-bond donors (Lipinski definition) is 0. The van der Waals surface area contributed by atoms with E-state index < -0.39 is 7.67 Å². The molecule has 0 N–H and O–H groups in total. The van der Waals surface area contributed by atoms with Crippen LogP contribution >= 0.6 is 7.67 Å². The van der Waals surface area contributed by atoms with Gasteiger partial charge in [0.1, 0.15) is 0 Å². The van der Waals surface area contributed by atoms with Gasteiger partial charge in [0.05, 0.1) is 6.10 Å². The largest absolute Gasteiger partial charge is 0.345 e. The molecule has 0 saturated heterocycles. The van der Waals surface area contributed by atoms with Gasteiger partial charge in [-0.05, 0) is 78.0 Å². The Kier molecular flexibility index (Phi) is 5.87. The molecule has 138 valence electrons. The Balaban J connectivity index is 2.25. The fourth-order valence-electron chi connectivity index (χ4n) is 4.31. The minimum absolute atomic E-state index is 0.0201. The van der Waals surface area contributed by atoms with Crippen LogP contribution in [-0.4, -0.2) is 43.6 Å². The Bertz CT molecular complexity index is 558. The molecule has 2 aliphatic rings. The van der Waals surface area contributed by atoms with Crippen molar-refractivity contribution in [3.8, 4) is 0 Å². The maximum atomic E-state index is 13.3. The highest BCUT2D eigenvalue weighted by Crippen LogP contribution is 2.59. The maximum absolute atomic E-state index is 13.3. The molecule has 0 radical (unpaired) electrons. The molecule has 0 heterocycles. The minimum Gasteiger partial charge on any atom is -0.302 e. The van der Waals surface area contributed by atoms with Crippen molar-refractivity contribution in [1.82, 2.24) is 9.34 Å². The van der Waals surface area contributed by atoms with Crippen molar-refractivity contribution >= 4 is 7.67 Å². The van der Waals surface area contributed by atoms with E-state index in [-0.39, 0.29) is 11.5 Å². The molecule has 0 unspecified atom stereocenters. The summed E-state index contributed by atoms with van der Waals surface area (Å²) in [5.41, 5.74) is 2.96. The van der Waals surface area contributed by atoms with Gasteiger partial charge in [0, 0.05) is 0 Å². The second-order valence-electron chi connectivity index (χ2n) is 8.29. The fraction of sp³-hybridized carbons (Fsp3) is 0.789. The monoisotopic (exact) mass is 354 g/mol. The molecule has 0 aliphatic heterocycles. The number of hydrogen-bond acceptors (Lipinski definition) is 2. The highest BCUT2D eigenvalue weighted by Gasteiger charge is 2.48. The smallest absolute Gasteiger partial charge is 0.302 e. The first-order valence-corrected chi connectivity index (χ1v) is 10.5. The Morgan fingerprint density at radius 2 is 1.92 bits per heavy atom. The fourth-order valence-corrected chi connectivity index (χ4v) is 6.04. The average Bonchev–Trinajstić information content (AvgIpc) is 2.49. The Hall–Kier alpha value is -0.410. The first kappa shape index (κ1) is 19.9. The van der Waals surface area contributed by atoms with E-state index in [0.29, 0.717) is 11.8 Å². The highest BCUT2D eigenvalue weighted by molar-refractivity contribution is 7.53. The van der Waals surface area contributed by atoms with Crippen LogP contribution in [0.1, 0.15) is 46.5 Å². The van der Waals surface area contributed by atoms with Crippen molar-refractivity contribution in [2.75, 3.05) is 28.2 Å². The van der Waals surface area contributed by atoms with E-state index >= 15 is 0 Å². The number of allylic oxidation sites excluding steroid dienone is 3. The third kappa shape index (κ3) is 3.44. The van der Waals surface area contributed by atoms with Crippen molar-refractivity contribution < 1.29 is 9.09 Å². The summed E-state index contributed by atoms with van der Waals surface area (Å²) in [7, 11) is 4.38. The van der Waals surface area contributed by atoms with E-state index in [0.717, 1.165) is 25.7 Å². The van der Waals surface area contributed by atoms with Crippen LogP contribution in [0.3, 0.4) is 0 Å². The number of fused-ring (bicyclic) bond motifs is 1. The topological polar surface area (TPSA) is 32.8 Å². The lowest BCUT2D eigenvalue weighted by molar-refractivity contribution is 0.0190. The molecule has 2 rings (SSSR count). The Morgan fingerprint density at radius 3 is 2.42 bits per heavy atom. The van der Waals surface area contributed by atoms with E-state index in [4.69, 9.17) is 4.52 Å². The lowest BCUT2D eigenvalue weighted by Crippen LogP contribution is -2.44. The predicted octanol–water partition coefficient (Wildman–Crippen LogP) is 4.95. The van der Waals surface area contributed by atoms with Crippen molar-refractivity contribution in [3.63, 3.8) is 0 Å². The van der Waals surface area contributed by atoms with E-state index in [1.807, 2.05) is 28.2 Å². The molecule has 0 aromatic heterocycles. The molecular weight excluding hydrogens is 319 g/mol. The second kappa shape index (κ2) is 7.07. The molecule has 5 heteroatoms. The van der Waals surface area contributed by atoms with Crippen LogP contribution in [-0.2, 0) is 9.09 Å². The zero-order valence-corrected chi connectivity index (χ0v) is 17.4. The van der Waals surface area contributed by atoms with Crippen molar-refractivity contribution in [2.45, 2.75) is 52.6 Å². The summed E-state index contributed by atoms with van der Waals surface area (Å²) in [6.45, 7) is 11.0. The molecule has 1 saturated carbocycles. The van der Waals surface area contributed by atoms with Gasteiger partial charge >= 0.3 is 7.67 Å². The third-order valence-electron chi connectivity index (χ3n) is 6.29. The van der Waals surface area contributed by atoms with Gasteiger partial charge in [-0.3, -0.25) is 4.57 Å². The molecule has 2 aliphatic carbocycles. The van der Waals surface area contributed by atoms with Gasteiger partial charge < -0.3 is 4.52 Å². The van der Waals surface area contributed by atoms with Crippen molar-refractivity contribution in [3.05, 3.63) is 23.8 Å². The van der Waals surface area contributed by atoms with Crippen LogP contribution in [0.25, 0.3) is 0 Å². The quantitative estimate of drug-likeness (QED) is 0.516. The van der Waals surface area contributed by atoms with Crippen molar-refractivity contribution in [2.24, 2.45) is 17.3 Å². The first-order chi connectivity index (χ1) is 11.0. The van der Waals surface area contributed by atoms with E-state index in [2.05, 4.69) is 33.4 Å². The zero-order valence-electron chi connectivity index (χ0n) is 16.5. The predicted molar refractivity (Wildman–Crippen MR) is 102 cm³/mol. The third-order valence-corrected chi connectivity index (χ3v) is 8.86. The zero-order chi connectivity index (χ0) is 18.3. The molecule has 0 aromatic rings. The SMILES string of the molecule is C=C(C)[C@@H]1CC=C2CC[C@@H](OP(=O)(N(C)C)N(C)C)[C@@H](C)[C@@]2(C)C1. The summed E-state index contributed by atoms with van der Waals surface area (Å²) in [6.07, 6.45) is 6.70. The van der Waals surface area contributed by atoms with E-state index in [9.17, 15) is 4.57 Å². The number of rotatable bonds is 5. The summed E-state index contributed by atoms with van der Waals surface area (Å²) in [5, 5.41) is 0. The molecule has 1 fully saturated rings. The molecule has 4 atom stereocenters. The van der Waals surface area contributed by atoms with Crippen LogP contribution in [0.15, 0.2) is 23.8 Å². The summed E-state index contributed by atoms with van der Waals surface area (Å²) in [5.74, 6) is 0.891. The van der Waals surface area contributed by atoms with Crippen LogP contribution in [0.2, 0.25) is 0 Å². The van der Waals surface area contributed by atoms with Gasteiger partial charge in [-0.2, -0.15) is 0 Å². The Labute approximate surface area is 148 Å². The first-order valence-electron chi connectivity index (χ1n) is 9.01. The Morgan fingerprint density at radius 1 is 1.33 bits per heavy atom. The molecular formula is C19H35N2O2P. The summed E-state index contributed by atoms with van der Waals surface area (Å²) in [6, 6.07) is 0. The van der Waals surface area contributed by atoms with Gasteiger partial charge in [-0.1, -0.05) is 37.6 Å². The standard InChI is InChI=1S/C19H35N2O2P/c1-14(2)16-9-10-17-11-12-18(15(3)19(17,4)13-16)23-24(22,20(5)6)21(7)8/h10,15-16,18H,1,9,11-13H2,2-8H3/t15-,16-,18-,19-/m1/s1. The molecule has 24 heavy (non-hydrogen) atoms. The van der Waals surface area contributed by atoms with Gasteiger partial charge in [-0.25, -0.2) is 9.34 Å². The van der Waals surface area contributed by atoms with Gasteiger partial charge in [0.25, 0.3) is 0 Å². The average molecular weight is 354 g/mol. The minimum atomic E-state index is -2.95.